The molecule has 5 heteroatoms. The fourth-order valence-corrected chi connectivity index (χ4v) is 1.52. The van der Waals surface area contributed by atoms with E-state index in [9.17, 15) is 4.79 Å². The highest BCUT2D eigenvalue weighted by Gasteiger charge is 2.10. The first kappa shape index (κ1) is 8.93. The van der Waals surface area contributed by atoms with E-state index >= 15 is 0 Å². The Labute approximate surface area is 80.8 Å². The maximum Gasteiger partial charge on any atom is 0.327 e. The summed E-state index contributed by atoms with van der Waals surface area (Å²) < 4.78 is 1.65. The molecule has 0 bridgehead atoms. The van der Waals surface area contributed by atoms with E-state index in [1.165, 1.54) is 0 Å². The van der Waals surface area contributed by atoms with Gasteiger partial charge in [-0.2, -0.15) is 0 Å². The molecule has 0 saturated heterocycles. The fourth-order valence-electron chi connectivity index (χ4n) is 1.52. The number of fused-ring (bicyclic) bond motifs is 1. The predicted octanol–water partition coefficient (Wildman–Crippen LogP) is 1.01. The van der Waals surface area contributed by atoms with Gasteiger partial charge in [-0.1, -0.05) is 0 Å². The second-order valence-electron chi connectivity index (χ2n) is 3.54. The lowest BCUT2D eigenvalue weighted by atomic mass is 10.4. The summed E-state index contributed by atoms with van der Waals surface area (Å²) in [6.07, 6.45) is 1.68. The largest absolute Gasteiger partial charge is 0.327 e. The zero-order chi connectivity index (χ0) is 10.3. The molecule has 0 radical (unpaired) electrons. The second-order valence-corrected chi connectivity index (χ2v) is 3.54. The first-order valence-electron chi connectivity index (χ1n) is 4.53. The van der Waals surface area contributed by atoms with Crippen LogP contribution in [0.1, 0.15) is 25.7 Å². The molecule has 2 aromatic heterocycles. The number of H-pyrrole nitrogens is 1. The average Bonchev–Trinajstić information content (AvgIpc) is 2.39. The minimum atomic E-state index is -0.130. The zero-order valence-corrected chi connectivity index (χ0v) is 8.40. The minimum absolute atomic E-state index is 0.113. The number of aromatic amines is 1. The number of aromatic nitrogens is 4. The lowest BCUT2D eigenvalue weighted by Gasteiger charge is -2.05. The van der Waals surface area contributed by atoms with Crippen molar-refractivity contribution in [1.29, 1.82) is 0 Å². The molecule has 0 saturated carbocycles. The molecule has 0 aliphatic carbocycles. The molecular weight excluding hydrogens is 180 g/mol. The number of hydrogen-bond donors (Lipinski definition) is 1. The van der Waals surface area contributed by atoms with Gasteiger partial charge >= 0.3 is 5.69 Å². The van der Waals surface area contributed by atoms with Crippen molar-refractivity contribution in [3.63, 3.8) is 0 Å². The SMILES string of the molecule is Cc1ncc2c(n1)[nH]c(=O)n2C(C)C. The smallest absolute Gasteiger partial charge is 0.290 e. The van der Waals surface area contributed by atoms with Crippen molar-refractivity contribution in [2.75, 3.05) is 0 Å². The standard InChI is InChI=1S/C9H12N4O/c1-5(2)13-7-4-10-6(3)11-8(7)12-9(13)14/h4-5H,1-3H3,(H,10,11,12,14). The lowest BCUT2D eigenvalue weighted by molar-refractivity contribution is 0.597. The minimum Gasteiger partial charge on any atom is -0.290 e. The fraction of sp³-hybridized carbons (Fsp3) is 0.444. The first-order chi connectivity index (χ1) is 6.59. The maximum atomic E-state index is 11.5. The first-order valence-corrected chi connectivity index (χ1v) is 4.53. The van der Waals surface area contributed by atoms with E-state index in [1.54, 1.807) is 17.7 Å². The Balaban J connectivity index is 2.84. The number of hydrogen-bond acceptors (Lipinski definition) is 3. The predicted molar refractivity (Wildman–Crippen MR) is 53.3 cm³/mol. The zero-order valence-electron chi connectivity index (χ0n) is 8.40. The van der Waals surface area contributed by atoms with Gasteiger partial charge in [0.1, 0.15) is 11.3 Å². The van der Waals surface area contributed by atoms with E-state index in [0.29, 0.717) is 11.5 Å². The molecule has 14 heavy (non-hydrogen) atoms. The molecule has 0 unspecified atom stereocenters. The van der Waals surface area contributed by atoms with E-state index in [2.05, 4.69) is 15.0 Å². The van der Waals surface area contributed by atoms with Crippen LogP contribution in [0.25, 0.3) is 11.2 Å². The number of nitrogens with zero attached hydrogens (tertiary/aromatic N) is 3. The molecule has 2 heterocycles. The van der Waals surface area contributed by atoms with Gasteiger partial charge in [0, 0.05) is 6.04 Å². The van der Waals surface area contributed by atoms with Crippen LogP contribution in [0.3, 0.4) is 0 Å². The molecule has 74 valence electrons. The second kappa shape index (κ2) is 2.94. The Bertz CT molecular complexity index is 523. The Hall–Kier alpha value is -1.65. The Morgan fingerprint density at radius 1 is 1.50 bits per heavy atom. The van der Waals surface area contributed by atoms with Gasteiger partial charge in [0.25, 0.3) is 0 Å². The highest BCUT2D eigenvalue weighted by Crippen LogP contribution is 2.11. The Morgan fingerprint density at radius 3 is 2.86 bits per heavy atom. The highest BCUT2D eigenvalue weighted by atomic mass is 16.1. The number of aryl methyl sites for hydroxylation is 1. The van der Waals surface area contributed by atoms with Crippen molar-refractivity contribution < 1.29 is 0 Å². The molecular formula is C9H12N4O. The molecule has 0 amide bonds. The summed E-state index contributed by atoms with van der Waals surface area (Å²) in [6, 6.07) is 0.113. The van der Waals surface area contributed by atoms with Crippen LogP contribution in [-0.2, 0) is 0 Å². The van der Waals surface area contributed by atoms with Crippen molar-refractivity contribution >= 4 is 11.2 Å². The lowest BCUT2D eigenvalue weighted by Crippen LogP contribution is -2.18. The van der Waals surface area contributed by atoms with Crippen LogP contribution in [0.5, 0.6) is 0 Å². The van der Waals surface area contributed by atoms with Crippen molar-refractivity contribution in [1.82, 2.24) is 19.5 Å². The molecule has 2 rings (SSSR count). The van der Waals surface area contributed by atoms with Crippen LogP contribution in [0.15, 0.2) is 11.0 Å². The van der Waals surface area contributed by atoms with Crippen LogP contribution < -0.4 is 5.69 Å². The van der Waals surface area contributed by atoms with Gasteiger partial charge in [-0.3, -0.25) is 9.55 Å². The van der Waals surface area contributed by atoms with Crippen molar-refractivity contribution in [2.24, 2.45) is 0 Å². The molecule has 5 nitrogen and oxygen atoms in total. The topological polar surface area (TPSA) is 63.6 Å². The highest BCUT2D eigenvalue weighted by molar-refractivity contribution is 5.69. The van der Waals surface area contributed by atoms with Crippen LogP contribution >= 0.6 is 0 Å². The Morgan fingerprint density at radius 2 is 2.21 bits per heavy atom. The summed E-state index contributed by atoms with van der Waals surface area (Å²) in [5.41, 5.74) is 1.24. The van der Waals surface area contributed by atoms with Crippen LogP contribution in [0.2, 0.25) is 0 Å². The van der Waals surface area contributed by atoms with Gasteiger partial charge in [-0.25, -0.2) is 14.8 Å². The number of rotatable bonds is 1. The summed E-state index contributed by atoms with van der Waals surface area (Å²) in [6.45, 7) is 5.70. The van der Waals surface area contributed by atoms with Crippen LogP contribution in [0, 0.1) is 6.92 Å². The molecule has 2 aromatic rings. The van der Waals surface area contributed by atoms with E-state index < -0.39 is 0 Å². The monoisotopic (exact) mass is 192 g/mol. The maximum absolute atomic E-state index is 11.5. The molecule has 0 spiro atoms. The van der Waals surface area contributed by atoms with Gasteiger partial charge in [-0.15, -0.1) is 0 Å². The van der Waals surface area contributed by atoms with Gasteiger partial charge in [0.2, 0.25) is 0 Å². The molecule has 0 aromatic carbocycles. The molecule has 0 aliphatic rings. The Kier molecular flexibility index (Phi) is 1.87. The quantitative estimate of drug-likeness (QED) is 0.733. The van der Waals surface area contributed by atoms with Gasteiger partial charge < -0.3 is 0 Å². The van der Waals surface area contributed by atoms with E-state index in [0.717, 1.165) is 5.52 Å². The van der Waals surface area contributed by atoms with Crippen molar-refractivity contribution in [2.45, 2.75) is 26.8 Å². The number of nitrogens with one attached hydrogen (secondary N) is 1. The summed E-state index contributed by atoms with van der Waals surface area (Å²) in [7, 11) is 0. The average molecular weight is 192 g/mol. The normalized spacial score (nSPS) is 11.4. The third-order valence-electron chi connectivity index (χ3n) is 2.11. The van der Waals surface area contributed by atoms with Crippen molar-refractivity contribution in [3.8, 4) is 0 Å². The van der Waals surface area contributed by atoms with Crippen LogP contribution in [0.4, 0.5) is 0 Å². The molecule has 0 aliphatic heterocycles. The van der Waals surface area contributed by atoms with E-state index in [4.69, 9.17) is 0 Å². The number of imidazole rings is 1. The third kappa shape index (κ3) is 1.21. The summed E-state index contributed by atoms with van der Waals surface area (Å²) in [4.78, 5) is 22.5. The third-order valence-corrected chi connectivity index (χ3v) is 2.11. The van der Waals surface area contributed by atoms with Gasteiger partial charge in [0.15, 0.2) is 5.65 Å². The van der Waals surface area contributed by atoms with E-state index in [-0.39, 0.29) is 11.7 Å². The summed E-state index contributed by atoms with van der Waals surface area (Å²) >= 11 is 0. The van der Waals surface area contributed by atoms with E-state index in [1.807, 2.05) is 13.8 Å². The van der Waals surface area contributed by atoms with Crippen molar-refractivity contribution in [3.05, 3.63) is 22.5 Å². The van der Waals surface area contributed by atoms with Gasteiger partial charge in [-0.05, 0) is 20.8 Å². The van der Waals surface area contributed by atoms with Gasteiger partial charge in [0.05, 0.1) is 6.20 Å². The molecule has 1 N–H and O–H groups in total. The summed E-state index contributed by atoms with van der Waals surface area (Å²) in [5.74, 6) is 0.662. The van der Waals surface area contributed by atoms with Crippen LogP contribution in [-0.4, -0.2) is 19.5 Å². The molecule has 0 fully saturated rings. The molecule has 0 atom stereocenters. The summed E-state index contributed by atoms with van der Waals surface area (Å²) in [5, 5.41) is 0.